The lowest BCUT2D eigenvalue weighted by molar-refractivity contribution is 0.582. The number of hydrogen-bond donors (Lipinski definition) is 0. The molecule has 1 heterocycles. The lowest BCUT2D eigenvalue weighted by atomic mass is 10.8. The largest absolute Gasteiger partial charge is 0.344 e. The molecule has 0 saturated carbocycles. The first-order chi connectivity index (χ1) is 5.91. The van der Waals surface area contributed by atoms with Crippen LogP contribution in [0.3, 0.4) is 0 Å². The van der Waals surface area contributed by atoms with Crippen molar-refractivity contribution in [1.29, 1.82) is 0 Å². The molecular formula is C5H9N5O2S. The molecule has 0 aliphatic rings. The third-order valence-electron chi connectivity index (χ3n) is 1.18. The first kappa shape index (κ1) is 9.78. The molecule has 0 spiro atoms. The van der Waals surface area contributed by atoms with Crippen LogP contribution in [0.5, 0.6) is 0 Å². The lowest BCUT2D eigenvalue weighted by Gasteiger charge is -2.06. The Bertz CT molecular complexity index is 384. The molecule has 0 fully saturated rings. The summed E-state index contributed by atoms with van der Waals surface area (Å²) >= 11 is 0. The first-order valence-electron chi connectivity index (χ1n) is 3.36. The van der Waals surface area contributed by atoms with Crippen LogP contribution in [0, 0.1) is 0 Å². The monoisotopic (exact) mass is 203 g/mol. The minimum atomic E-state index is -3.41. The Morgan fingerprint density at radius 1 is 1.08 bits per heavy atom. The van der Waals surface area contributed by atoms with E-state index in [1.54, 1.807) is 19.0 Å². The normalized spacial score (nSPS) is 11.3. The van der Waals surface area contributed by atoms with Gasteiger partial charge < -0.3 is 4.90 Å². The van der Waals surface area contributed by atoms with Gasteiger partial charge in [0.15, 0.2) is 0 Å². The molecule has 0 atom stereocenters. The van der Waals surface area contributed by atoms with Gasteiger partial charge in [-0.1, -0.05) is 0 Å². The second kappa shape index (κ2) is 3.21. The molecule has 0 saturated heterocycles. The van der Waals surface area contributed by atoms with E-state index < -0.39 is 9.84 Å². The maximum Gasteiger partial charge on any atom is 0.286 e. The van der Waals surface area contributed by atoms with Crippen LogP contribution in [-0.4, -0.2) is 49.2 Å². The van der Waals surface area contributed by atoms with Gasteiger partial charge in [0.2, 0.25) is 9.84 Å². The van der Waals surface area contributed by atoms with E-state index in [9.17, 15) is 8.42 Å². The molecule has 0 unspecified atom stereocenters. The zero-order chi connectivity index (χ0) is 10.1. The molecule has 1 aromatic rings. The fourth-order valence-corrected chi connectivity index (χ4v) is 0.920. The zero-order valence-electron chi connectivity index (χ0n) is 7.46. The van der Waals surface area contributed by atoms with E-state index in [1.165, 1.54) is 0 Å². The number of rotatable bonds is 2. The van der Waals surface area contributed by atoms with Crippen molar-refractivity contribution in [1.82, 2.24) is 20.4 Å². The van der Waals surface area contributed by atoms with Gasteiger partial charge in [-0.2, -0.15) is 0 Å². The molecule has 72 valence electrons. The standard InChI is InChI=1S/C5H9N5O2S/c1-10(2)4-6-8-5(9-7-4)13(3,11)12/h1-3H3. The van der Waals surface area contributed by atoms with Gasteiger partial charge in [-0.05, 0) is 0 Å². The summed E-state index contributed by atoms with van der Waals surface area (Å²) in [5, 5.41) is 13.6. The van der Waals surface area contributed by atoms with Crippen LogP contribution in [0.25, 0.3) is 0 Å². The Labute approximate surface area is 75.7 Å². The topological polar surface area (TPSA) is 88.9 Å². The summed E-state index contributed by atoms with van der Waals surface area (Å²) in [6.07, 6.45) is 1.00. The van der Waals surface area contributed by atoms with Gasteiger partial charge in [0.25, 0.3) is 11.1 Å². The van der Waals surface area contributed by atoms with Crippen molar-refractivity contribution in [3.8, 4) is 0 Å². The Balaban J connectivity index is 3.08. The van der Waals surface area contributed by atoms with E-state index in [2.05, 4.69) is 20.4 Å². The minimum absolute atomic E-state index is 0.271. The van der Waals surface area contributed by atoms with Gasteiger partial charge in [0, 0.05) is 20.4 Å². The molecule has 0 N–H and O–H groups in total. The highest BCUT2D eigenvalue weighted by Gasteiger charge is 2.12. The van der Waals surface area contributed by atoms with Gasteiger partial charge >= 0.3 is 0 Å². The Morgan fingerprint density at radius 3 is 1.85 bits per heavy atom. The highest BCUT2D eigenvalue weighted by molar-refractivity contribution is 7.90. The average Bonchev–Trinajstić information content (AvgIpc) is 2.03. The van der Waals surface area contributed by atoms with E-state index in [0.717, 1.165) is 6.26 Å². The van der Waals surface area contributed by atoms with E-state index >= 15 is 0 Å². The van der Waals surface area contributed by atoms with Crippen molar-refractivity contribution in [2.75, 3.05) is 25.3 Å². The first-order valence-corrected chi connectivity index (χ1v) is 5.25. The van der Waals surface area contributed by atoms with Gasteiger partial charge in [-0.15, -0.1) is 20.4 Å². The summed E-state index contributed by atoms with van der Waals surface area (Å²) in [7, 11) is 0.00329. The minimum Gasteiger partial charge on any atom is -0.344 e. The fraction of sp³-hybridized carbons (Fsp3) is 0.600. The van der Waals surface area contributed by atoms with Crippen LogP contribution in [0.2, 0.25) is 0 Å². The molecule has 0 bridgehead atoms. The van der Waals surface area contributed by atoms with Crippen molar-refractivity contribution in [3.05, 3.63) is 0 Å². The molecular weight excluding hydrogens is 194 g/mol. The average molecular weight is 203 g/mol. The summed E-state index contributed by atoms with van der Waals surface area (Å²) in [5.41, 5.74) is 0. The quantitative estimate of drug-likeness (QED) is 0.592. The van der Waals surface area contributed by atoms with Crippen LogP contribution in [-0.2, 0) is 9.84 Å². The summed E-state index contributed by atoms with van der Waals surface area (Å²) in [5.74, 6) is 0.271. The molecule has 1 aromatic heterocycles. The smallest absolute Gasteiger partial charge is 0.286 e. The zero-order valence-corrected chi connectivity index (χ0v) is 8.28. The van der Waals surface area contributed by atoms with Gasteiger partial charge in [0.1, 0.15) is 0 Å². The van der Waals surface area contributed by atoms with Crippen molar-refractivity contribution in [2.24, 2.45) is 0 Å². The fourth-order valence-electron chi connectivity index (χ4n) is 0.542. The number of nitrogens with zero attached hydrogens (tertiary/aromatic N) is 5. The highest BCUT2D eigenvalue weighted by atomic mass is 32.2. The summed E-state index contributed by atoms with van der Waals surface area (Å²) in [6.45, 7) is 0. The van der Waals surface area contributed by atoms with Crippen molar-refractivity contribution >= 4 is 15.8 Å². The van der Waals surface area contributed by atoms with E-state index in [0.29, 0.717) is 0 Å². The number of hydrogen-bond acceptors (Lipinski definition) is 7. The molecule has 0 aromatic carbocycles. The molecule has 8 heteroatoms. The Morgan fingerprint density at radius 2 is 1.54 bits per heavy atom. The molecule has 13 heavy (non-hydrogen) atoms. The molecule has 0 radical (unpaired) electrons. The summed E-state index contributed by atoms with van der Waals surface area (Å²) in [6, 6.07) is 0. The highest BCUT2D eigenvalue weighted by Crippen LogP contribution is 2.00. The van der Waals surface area contributed by atoms with Crippen LogP contribution in [0.1, 0.15) is 0 Å². The van der Waals surface area contributed by atoms with E-state index in [4.69, 9.17) is 0 Å². The number of sulfone groups is 1. The van der Waals surface area contributed by atoms with Crippen molar-refractivity contribution < 1.29 is 8.42 Å². The lowest BCUT2D eigenvalue weighted by Crippen LogP contribution is -2.16. The third-order valence-corrected chi connectivity index (χ3v) is 2.01. The van der Waals surface area contributed by atoms with E-state index in [-0.39, 0.29) is 11.1 Å². The van der Waals surface area contributed by atoms with Crippen LogP contribution < -0.4 is 4.90 Å². The molecule has 0 aliphatic heterocycles. The van der Waals surface area contributed by atoms with Gasteiger partial charge in [0.05, 0.1) is 0 Å². The predicted molar refractivity (Wildman–Crippen MR) is 45.1 cm³/mol. The maximum atomic E-state index is 10.9. The van der Waals surface area contributed by atoms with Gasteiger partial charge in [-0.3, -0.25) is 0 Å². The number of aromatic nitrogens is 4. The maximum absolute atomic E-state index is 10.9. The van der Waals surface area contributed by atoms with Crippen molar-refractivity contribution in [2.45, 2.75) is 5.16 Å². The second-order valence-corrected chi connectivity index (χ2v) is 4.56. The molecule has 0 amide bonds. The van der Waals surface area contributed by atoms with E-state index in [1.807, 2.05) is 0 Å². The molecule has 7 nitrogen and oxygen atoms in total. The predicted octanol–water partition coefficient (Wildman–Crippen LogP) is -1.26. The van der Waals surface area contributed by atoms with Gasteiger partial charge in [-0.25, -0.2) is 8.42 Å². The molecule has 0 aliphatic carbocycles. The summed E-state index contributed by atoms with van der Waals surface area (Å²) < 4.78 is 21.8. The SMILES string of the molecule is CN(C)c1nnc(S(C)(=O)=O)nn1. The van der Waals surface area contributed by atoms with Crippen LogP contribution in [0.15, 0.2) is 5.16 Å². The van der Waals surface area contributed by atoms with Crippen LogP contribution >= 0.6 is 0 Å². The summed E-state index contributed by atoms with van der Waals surface area (Å²) in [4.78, 5) is 1.58. The third kappa shape index (κ3) is 2.31. The Kier molecular flexibility index (Phi) is 2.41. The van der Waals surface area contributed by atoms with Crippen molar-refractivity contribution in [3.63, 3.8) is 0 Å². The number of anilines is 1. The van der Waals surface area contributed by atoms with Crippen LogP contribution in [0.4, 0.5) is 5.95 Å². The molecule has 1 rings (SSSR count). The second-order valence-electron chi connectivity index (χ2n) is 2.65. The Hall–Kier alpha value is -1.31.